The highest BCUT2D eigenvalue weighted by atomic mass is 16.5. The number of rotatable bonds is 9. The molecule has 0 bridgehead atoms. The Labute approximate surface area is 606 Å². The van der Waals surface area contributed by atoms with Gasteiger partial charge < -0.3 is 9.64 Å². The molecule has 1 heterocycles. The van der Waals surface area contributed by atoms with E-state index in [-0.39, 0.29) is 32.5 Å². The molecule has 102 heavy (non-hydrogen) atoms. The average Bonchev–Trinajstić information content (AvgIpc) is 1.43. The Kier molecular flexibility index (Phi) is 15.6. The lowest BCUT2D eigenvalue weighted by Crippen LogP contribution is -2.16. The monoisotopic (exact) mass is 1320 g/mol. The summed E-state index contributed by atoms with van der Waals surface area (Å²) in [4.78, 5) is 2.47. The van der Waals surface area contributed by atoms with E-state index >= 15 is 0 Å². The first-order chi connectivity index (χ1) is 48.5. The van der Waals surface area contributed by atoms with Gasteiger partial charge in [-0.25, -0.2) is 0 Å². The van der Waals surface area contributed by atoms with Crippen LogP contribution in [0.4, 0.5) is 17.1 Å². The summed E-state index contributed by atoms with van der Waals surface area (Å²) in [5.74, 6) is 1.59. The van der Waals surface area contributed by atoms with Crippen LogP contribution in [0.25, 0.3) is 111 Å². The van der Waals surface area contributed by atoms with Crippen molar-refractivity contribution in [1.82, 2.24) is 0 Å². The van der Waals surface area contributed by atoms with E-state index in [1.807, 2.05) is 0 Å². The summed E-state index contributed by atoms with van der Waals surface area (Å²) < 4.78 is 7.49. The van der Waals surface area contributed by atoms with Crippen molar-refractivity contribution < 1.29 is 4.74 Å². The van der Waals surface area contributed by atoms with Crippen molar-refractivity contribution in [3.63, 3.8) is 0 Å². The zero-order chi connectivity index (χ0) is 71.2. The Bertz CT molecular complexity index is 4980. The van der Waals surface area contributed by atoms with Gasteiger partial charge in [-0.3, -0.25) is 0 Å². The van der Waals surface area contributed by atoms with Gasteiger partial charge in [-0.05, 0) is 268 Å². The third kappa shape index (κ3) is 11.8. The fourth-order valence-corrected chi connectivity index (χ4v) is 16.2. The summed E-state index contributed by atoms with van der Waals surface area (Å²) in [6.07, 6.45) is 0. The molecule has 0 saturated heterocycles. The molecular weight excluding hydrogens is 1230 g/mol. The smallest absolute Gasteiger partial charge is 0.152 e. The molecule has 1 aliphatic heterocycles. The van der Waals surface area contributed by atoms with Crippen LogP contribution in [0.15, 0.2) is 273 Å². The molecule has 2 aliphatic carbocycles. The normalized spacial score (nSPS) is 14.1. The van der Waals surface area contributed by atoms with E-state index in [9.17, 15) is 0 Å². The molecular formula is C100H93NO. The highest BCUT2D eigenvalue weighted by Crippen LogP contribution is 2.56. The van der Waals surface area contributed by atoms with Crippen LogP contribution in [0.5, 0.6) is 11.5 Å². The van der Waals surface area contributed by atoms with Crippen LogP contribution >= 0.6 is 0 Å². The van der Waals surface area contributed by atoms with Gasteiger partial charge in [0, 0.05) is 16.5 Å². The minimum Gasteiger partial charge on any atom is -0.453 e. The molecule has 16 rings (SSSR count). The first-order valence-corrected chi connectivity index (χ1v) is 36.7. The van der Waals surface area contributed by atoms with Gasteiger partial charge >= 0.3 is 0 Å². The molecule has 0 atom stereocenters. The third-order valence-corrected chi connectivity index (χ3v) is 22.5. The zero-order valence-corrected chi connectivity index (χ0v) is 62.3. The van der Waals surface area contributed by atoms with Gasteiger partial charge in [-0.15, -0.1) is 0 Å². The van der Waals surface area contributed by atoms with Crippen LogP contribution in [0.1, 0.15) is 155 Å². The van der Waals surface area contributed by atoms with Crippen molar-refractivity contribution in [2.75, 3.05) is 4.90 Å². The van der Waals surface area contributed by atoms with Crippen molar-refractivity contribution in [3.8, 4) is 123 Å². The molecule has 0 saturated carbocycles. The fraction of sp³-hybridized carbons (Fsp3) is 0.220. The van der Waals surface area contributed by atoms with Crippen LogP contribution in [0.2, 0.25) is 0 Å². The minimum absolute atomic E-state index is 0.0119. The van der Waals surface area contributed by atoms with Crippen LogP contribution in [0, 0.1) is 0 Å². The van der Waals surface area contributed by atoms with E-state index in [1.54, 1.807) is 0 Å². The molecule has 2 nitrogen and oxygen atoms in total. The molecule has 0 amide bonds. The van der Waals surface area contributed by atoms with Gasteiger partial charge in [-0.2, -0.15) is 0 Å². The molecule has 0 N–H and O–H groups in total. The van der Waals surface area contributed by atoms with Crippen molar-refractivity contribution in [2.45, 2.75) is 143 Å². The van der Waals surface area contributed by atoms with E-state index in [1.165, 1.54) is 89.0 Å². The second-order valence-electron chi connectivity index (χ2n) is 34.3. The van der Waals surface area contributed by atoms with Crippen LogP contribution in [-0.2, 0) is 32.5 Å². The SMILES string of the molecule is CC(C)(C)c1ccc(-c2cc(-c3ccc(C(C)(C)C)cc3)cc(-c3cc(-c4cc(-c5ccc(C(C)(C)C)cc5)cc(-c5ccc(C(C)(C)C)cc5)c4)cc(N4c5ccc(-c6ccc7c(c6)C(C)(C)c6ccccc6-7)cc5Oc5cc(-c6ccc7c(c6)C(C)(C)c6ccccc6-7)ccc54)c3)c2)cc1. The summed E-state index contributed by atoms with van der Waals surface area (Å²) >= 11 is 0. The Morgan fingerprint density at radius 1 is 0.225 bits per heavy atom. The van der Waals surface area contributed by atoms with E-state index in [2.05, 4.69) is 389 Å². The number of nitrogens with zero attached hydrogens (tertiary/aromatic N) is 1. The summed E-state index contributed by atoms with van der Waals surface area (Å²) in [6.45, 7) is 37.0. The first kappa shape index (κ1) is 66.0. The molecule has 3 aliphatic rings. The van der Waals surface area contributed by atoms with Gasteiger partial charge in [0.1, 0.15) is 0 Å². The second kappa shape index (κ2) is 24.1. The molecule has 0 unspecified atom stereocenters. The average molecular weight is 1320 g/mol. The largest absolute Gasteiger partial charge is 0.453 e. The quantitative estimate of drug-likeness (QED) is 0.143. The zero-order valence-electron chi connectivity index (χ0n) is 62.3. The molecule has 504 valence electrons. The van der Waals surface area contributed by atoms with Crippen LogP contribution in [-0.4, -0.2) is 0 Å². The molecule has 0 radical (unpaired) electrons. The predicted octanol–water partition coefficient (Wildman–Crippen LogP) is 28.4. The summed E-state index contributed by atoms with van der Waals surface area (Å²) in [7, 11) is 0. The van der Waals surface area contributed by atoms with Crippen LogP contribution < -0.4 is 9.64 Å². The van der Waals surface area contributed by atoms with Gasteiger partial charge in [0.15, 0.2) is 11.5 Å². The van der Waals surface area contributed by atoms with Crippen LogP contribution in [0.3, 0.4) is 0 Å². The maximum Gasteiger partial charge on any atom is 0.152 e. The Hall–Kier alpha value is -10.5. The molecule has 0 spiro atoms. The van der Waals surface area contributed by atoms with Crippen molar-refractivity contribution in [1.29, 1.82) is 0 Å². The van der Waals surface area contributed by atoms with Gasteiger partial charge in [0.25, 0.3) is 0 Å². The lowest BCUT2D eigenvalue weighted by Gasteiger charge is -2.34. The highest BCUT2D eigenvalue weighted by molar-refractivity contribution is 5.95. The first-order valence-electron chi connectivity index (χ1n) is 36.7. The second-order valence-corrected chi connectivity index (χ2v) is 34.3. The summed E-state index contributed by atoms with van der Waals surface area (Å²) in [5, 5.41) is 0. The lowest BCUT2D eigenvalue weighted by atomic mass is 9.81. The summed E-state index contributed by atoms with van der Waals surface area (Å²) in [6, 6.07) is 105. The van der Waals surface area contributed by atoms with Crippen molar-refractivity contribution >= 4 is 17.1 Å². The predicted molar refractivity (Wildman–Crippen MR) is 435 cm³/mol. The summed E-state index contributed by atoms with van der Waals surface area (Å²) in [5.41, 5.74) is 36.9. The van der Waals surface area contributed by atoms with Gasteiger partial charge in [0.05, 0.1) is 11.4 Å². The minimum atomic E-state index is -0.154. The number of fused-ring (bicyclic) bond motifs is 8. The molecule has 13 aromatic rings. The number of anilines is 3. The molecule has 13 aromatic carbocycles. The Morgan fingerprint density at radius 3 is 0.775 bits per heavy atom. The molecule has 0 fully saturated rings. The van der Waals surface area contributed by atoms with Crippen molar-refractivity contribution in [2.24, 2.45) is 0 Å². The van der Waals surface area contributed by atoms with E-state index in [4.69, 9.17) is 4.74 Å². The number of hydrogen-bond acceptors (Lipinski definition) is 2. The Balaban J connectivity index is 0.933. The molecule has 0 aromatic heterocycles. The van der Waals surface area contributed by atoms with E-state index < -0.39 is 0 Å². The lowest BCUT2D eigenvalue weighted by molar-refractivity contribution is 0.477. The van der Waals surface area contributed by atoms with Crippen molar-refractivity contribution in [3.05, 3.63) is 317 Å². The fourth-order valence-electron chi connectivity index (χ4n) is 16.2. The standard InChI is InChI=1S/C100H93NO/c1-95(2,3)78-37-25-62(26-38-78)70-49-71(63-27-39-79(40-28-63)96(4,5)6)52-74(51-70)76-55-77(75-53-72(64-29-41-80(42-30-64)97(7,8)9)50-73(54-75)65-31-43-81(44-32-65)98(10,11)12)57-82(56-76)101-91-47-35-68(66-33-45-85-83-21-17-19-23-87(83)99(13,14)89(85)58-66)60-93(91)102-94-61-69(36-48-92(94)101)67-34-46-86-84-22-18-20-24-88(84)100(15,16)90(86)59-67/h17-61H,1-16H3. The highest BCUT2D eigenvalue weighted by Gasteiger charge is 2.38. The van der Waals surface area contributed by atoms with E-state index in [0.29, 0.717) is 0 Å². The molecule has 2 heteroatoms. The maximum absolute atomic E-state index is 7.49. The topological polar surface area (TPSA) is 12.5 Å². The maximum atomic E-state index is 7.49. The number of benzene rings is 13. The third-order valence-electron chi connectivity index (χ3n) is 22.5. The number of hydrogen-bond donors (Lipinski definition) is 0. The number of ether oxygens (including phenoxy) is 1. The Morgan fingerprint density at radius 2 is 0.471 bits per heavy atom. The van der Waals surface area contributed by atoms with Gasteiger partial charge in [0.2, 0.25) is 0 Å². The van der Waals surface area contributed by atoms with E-state index in [0.717, 1.165) is 95.3 Å². The van der Waals surface area contributed by atoms with Gasteiger partial charge in [-0.1, -0.05) is 293 Å².